The van der Waals surface area contributed by atoms with E-state index in [0.29, 0.717) is 30.3 Å². The molecule has 0 aliphatic carbocycles. The highest BCUT2D eigenvalue weighted by atomic mass is 32.2. The molecule has 2 aromatic heterocycles. The van der Waals surface area contributed by atoms with E-state index in [1.54, 1.807) is 34.1 Å². The summed E-state index contributed by atoms with van der Waals surface area (Å²) < 4.78 is 27.5. The number of rotatable bonds is 6. The lowest BCUT2D eigenvalue weighted by Crippen LogP contribution is -2.40. The van der Waals surface area contributed by atoms with Gasteiger partial charge in [0.15, 0.2) is 5.65 Å². The highest BCUT2D eigenvalue weighted by Crippen LogP contribution is 2.29. The van der Waals surface area contributed by atoms with Crippen molar-refractivity contribution in [2.24, 2.45) is 5.92 Å². The first kappa shape index (κ1) is 20.7. The van der Waals surface area contributed by atoms with Gasteiger partial charge in [0.1, 0.15) is 19.4 Å². The fourth-order valence-corrected chi connectivity index (χ4v) is 4.98. The molecule has 30 heavy (non-hydrogen) atoms. The number of fused-ring (bicyclic) bond motifs is 1. The fraction of sp³-hybridized carbons (Fsp3) is 0.400. The first-order chi connectivity index (χ1) is 14.4. The first-order valence-electron chi connectivity index (χ1n) is 10.2. The zero-order chi connectivity index (χ0) is 21.3. The summed E-state index contributed by atoms with van der Waals surface area (Å²) in [6.45, 7) is 3.54. The number of benzene rings is 1. The van der Waals surface area contributed by atoms with Gasteiger partial charge in [0.25, 0.3) is 0 Å². The van der Waals surface area contributed by atoms with Crippen LogP contribution in [0.25, 0.3) is 16.9 Å². The molecule has 3 aromatic rings. The molecule has 0 bridgehead atoms. The second-order valence-corrected chi connectivity index (χ2v) is 9.99. The Balaban J connectivity index is 1.54. The average molecular weight is 427 g/mol. The molecule has 0 atom stereocenters. The summed E-state index contributed by atoms with van der Waals surface area (Å²) in [6.07, 6.45) is 3.42. The molecule has 0 amide bonds. The van der Waals surface area contributed by atoms with E-state index in [1.165, 1.54) is 0 Å². The molecular weight excluding hydrogens is 401 g/mol. The summed E-state index contributed by atoms with van der Waals surface area (Å²) in [7, 11) is -1.16. The number of para-hydroxylation sites is 1. The number of aromatic hydroxyl groups is 1. The third-order valence-corrected chi connectivity index (χ3v) is 7.61. The molecule has 0 spiro atoms. The summed E-state index contributed by atoms with van der Waals surface area (Å²) in [4.78, 5) is 4.69. The predicted molar refractivity (Wildman–Crippen MR) is 121 cm³/mol. The van der Waals surface area contributed by atoms with Crippen molar-refractivity contribution in [1.29, 1.82) is 0 Å². The topological polar surface area (TPSA) is 99.8 Å². The third kappa shape index (κ3) is 4.02. The number of sulfonamides is 1. The van der Waals surface area contributed by atoms with E-state index in [-0.39, 0.29) is 11.5 Å². The predicted octanol–water partition coefficient (Wildman–Crippen LogP) is 0.834. The Bertz CT molecular complexity index is 1160. The van der Waals surface area contributed by atoms with Crippen LogP contribution in [0.15, 0.2) is 36.5 Å². The van der Waals surface area contributed by atoms with Gasteiger partial charge >= 0.3 is 0 Å². The average Bonchev–Trinajstić information content (AvgIpc) is 3.13. The minimum absolute atomic E-state index is 0.151. The van der Waals surface area contributed by atoms with E-state index in [1.807, 2.05) is 26.0 Å². The van der Waals surface area contributed by atoms with Gasteiger partial charge in [-0.2, -0.15) is 9.61 Å². The Labute approximate surface area is 177 Å². The summed E-state index contributed by atoms with van der Waals surface area (Å²) in [5, 5.41) is 18.2. The molecule has 1 fully saturated rings. The molecule has 2 N–H and O–H groups in total. The maximum atomic E-state index is 12.1. The number of phenolic OH excluding ortho intramolecular Hbond substituents is 1. The van der Waals surface area contributed by atoms with Crippen LogP contribution in [0.4, 0.5) is 5.82 Å². The summed E-state index contributed by atoms with van der Waals surface area (Å²) in [5.74, 6) is 1.51. The van der Waals surface area contributed by atoms with Crippen LogP contribution in [0.1, 0.15) is 19.8 Å². The number of hydrogen-bond acceptors (Lipinski definition) is 6. The molecule has 4 rings (SSSR count). The van der Waals surface area contributed by atoms with Gasteiger partial charge in [-0.25, -0.2) is 17.7 Å². The minimum atomic E-state index is -3.11. The molecule has 158 valence electrons. The molecule has 0 saturated carbocycles. The van der Waals surface area contributed by atoms with Gasteiger partial charge in [-0.3, -0.25) is 0 Å². The number of phenols is 1. The van der Waals surface area contributed by atoms with E-state index < -0.39 is 10.0 Å². The minimum Gasteiger partial charge on any atom is -0.507 e. The number of aromatic nitrogens is 3. The Hall–Kier alpha value is -2.59. The molecule has 1 aliphatic rings. The van der Waals surface area contributed by atoms with Gasteiger partial charge in [0.2, 0.25) is 10.0 Å². The van der Waals surface area contributed by atoms with Crippen molar-refractivity contribution >= 4 is 34.8 Å². The maximum absolute atomic E-state index is 12.1. The number of hydrogen-bond donors (Lipinski definition) is 2. The van der Waals surface area contributed by atoms with Gasteiger partial charge in [-0.1, -0.05) is 12.1 Å². The first-order valence-corrected chi connectivity index (χ1v) is 11.9. The van der Waals surface area contributed by atoms with Crippen LogP contribution < -0.4 is 10.8 Å². The largest absolute Gasteiger partial charge is 0.507 e. The van der Waals surface area contributed by atoms with Gasteiger partial charge < -0.3 is 10.4 Å². The van der Waals surface area contributed by atoms with Crippen LogP contribution in [-0.2, 0) is 10.0 Å². The number of piperidine rings is 1. The van der Waals surface area contributed by atoms with E-state index in [9.17, 15) is 13.5 Å². The summed E-state index contributed by atoms with van der Waals surface area (Å²) in [5.41, 5.74) is 3.04. The van der Waals surface area contributed by atoms with Gasteiger partial charge in [0, 0.05) is 37.5 Å². The molecule has 1 saturated heterocycles. The molecule has 8 nitrogen and oxygen atoms in total. The number of nitrogens with zero attached hydrogens (tertiary/aromatic N) is 4. The standard InChI is InChI=1S/C20H26BN5O3S/c1-2-30(28,29)25-9-7-14(8-10-25)12-22-19-11-17(15-5-3-4-6-18(15)27)24-20-16(21)13-23-26(19)20/h3-6,11,13-14,22,27H,2,7-10,12,21H2,1H3. The van der Waals surface area contributed by atoms with Crippen LogP contribution in [-0.4, -0.2) is 65.7 Å². The zero-order valence-electron chi connectivity index (χ0n) is 17.2. The van der Waals surface area contributed by atoms with Gasteiger partial charge in [-0.15, -0.1) is 0 Å². The summed E-state index contributed by atoms with van der Waals surface area (Å²) in [6, 6.07) is 9.04. The van der Waals surface area contributed by atoms with Crippen LogP contribution in [0.5, 0.6) is 5.75 Å². The van der Waals surface area contributed by atoms with Crippen molar-refractivity contribution in [1.82, 2.24) is 18.9 Å². The van der Waals surface area contributed by atoms with Gasteiger partial charge in [-0.05, 0) is 43.3 Å². The second-order valence-electron chi connectivity index (χ2n) is 7.73. The van der Waals surface area contributed by atoms with Crippen molar-refractivity contribution in [3.8, 4) is 17.0 Å². The zero-order valence-corrected chi connectivity index (χ0v) is 18.1. The van der Waals surface area contributed by atoms with Crippen molar-refractivity contribution in [3.05, 3.63) is 36.5 Å². The Morgan fingerprint density at radius 3 is 2.70 bits per heavy atom. The fourth-order valence-electron chi connectivity index (χ4n) is 3.85. The highest BCUT2D eigenvalue weighted by Gasteiger charge is 2.26. The van der Waals surface area contributed by atoms with Crippen molar-refractivity contribution in [3.63, 3.8) is 0 Å². The Morgan fingerprint density at radius 1 is 1.27 bits per heavy atom. The van der Waals surface area contributed by atoms with E-state index in [2.05, 4.69) is 10.4 Å². The molecule has 3 heterocycles. The molecule has 0 unspecified atom stereocenters. The monoisotopic (exact) mass is 427 g/mol. The van der Waals surface area contributed by atoms with Crippen LogP contribution in [0, 0.1) is 5.92 Å². The lowest BCUT2D eigenvalue weighted by atomic mass is 9.98. The number of nitrogens with one attached hydrogen (secondary N) is 1. The maximum Gasteiger partial charge on any atom is 0.213 e. The smallest absolute Gasteiger partial charge is 0.213 e. The summed E-state index contributed by atoms with van der Waals surface area (Å²) >= 11 is 0. The quantitative estimate of drug-likeness (QED) is 0.566. The van der Waals surface area contributed by atoms with E-state index in [4.69, 9.17) is 4.98 Å². The third-order valence-electron chi connectivity index (χ3n) is 5.73. The van der Waals surface area contributed by atoms with Crippen molar-refractivity contribution < 1.29 is 13.5 Å². The SMILES string of the molecule is Bc1cnn2c(NCC3CCN(S(=O)(=O)CC)CC3)cc(-c3ccccc3O)nc12. The van der Waals surface area contributed by atoms with Crippen LogP contribution >= 0.6 is 0 Å². The molecular formula is C20H26BN5O3S. The highest BCUT2D eigenvalue weighted by molar-refractivity contribution is 7.89. The Morgan fingerprint density at radius 2 is 2.00 bits per heavy atom. The lowest BCUT2D eigenvalue weighted by molar-refractivity contribution is 0.282. The van der Waals surface area contributed by atoms with E-state index in [0.717, 1.165) is 36.3 Å². The second kappa shape index (κ2) is 8.27. The molecule has 0 radical (unpaired) electrons. The van der Waals surface area contributed by atoms with E-state index >= 15 is 0 Å². The normalized spacial score (nSPS) is 16.2. The van der Waals surface area contributed by atoms with Crippen molar-refractivity contribution in [2.75, 3.05) is 30.7 Å². The molecule has 1 aromatic carbocycles. The van der Waals surface area contributed by atoms with Gasteiger partial charge in [0.05, 0.1) is 11.4 Å². The molecule has 10 heteroatoms. The lowest BCUT2D eigenvalue weighted by Gasteiger charge is -2.31. The van der Waals surface area contributed by atoms with Crippen molar-refractivity contribution in [2.45, 2.75) is 19.8 Å². The number of anilines is 1. The van der Waals surface area contributed by atoms with Crippen LogP contribution in [0.3, 0.4) is 0 Å². The molecule has 1 aliphatic heterocycles. The Kier molecular flexibility index (Phi) is 5.70. The van der Waals surface area contributed by atoms with Crippen LogP contribution in [0.2, 0.25) is 0 Å².